The summed E-state index contributed by atoms with van der Waals surface area (Å²) in [6.45, 7) is 8.61. The smallest absolute Gasteiger partial charge is 0.191 e. The van der Waals surface area contributed by atoms with Crippen LogP contribution in [0.25, 0.3) is 0 Å². The van der Waals surface area contributed by atoms with Crippen LogP contribution in [-0.4, -0.2) is 81.0 Å². The largest absolute Gasteiger partial charge is 0.381 e. The summed E-state index contributed by atoms with van der Waals surface area (Å²) in [4.78, 5) is 6.83. The number of ether oxygens (including phenoxy) is 2. The minimum atomic E-state index is -0.208. The van der Waals surface area contributed by atoms with Crippen LogP contribution in [-0.2, 0) is 9.47 Å². The van der Waals surface area contributed by atoms with Gasteiger partial charge < -0.3 is 20.1 Å². The van der Waals surface area contributed by atoms with Gasteiger partial charge >= 0.3 is 0 Å². The van der Waals surface area contributed by atoms with Crippen LogP contribution < -0.4 is 10.6 Å². The number of rotatable bonds is 8. The third kappa shape index (κ3) is 8.03. The Labute approximate surface area is 207 Å². The molecule has 176 valence electrons. The summed E-state index contributed by atoms with van der Waals surface area (Å²) in [6.07, 6.45) is 2.11. The number of benzene rings is 1. The number of nitrogens with zero attached hydrogens (tertiary/aromatic N) is 2. The standard InChI is InChI=1S/C22H35FN4O2S.HI/c1-3-30-22(8-12-28-13-9-22)17-26-21(24-2)25-16-20(27-10-14-29-15-11-27)18-4-6-19(23)7-5-18;/h4-7,20H,3,8-17H2,1-2H3,(H2,24,25,26);1H. The maximum atomic E-state index is 13.4. The number of hydrogen-bond donors (Lipinski definition) is 2. The van der Waals surface area contributed by atoms with Gasteiger partial charge in [0.2, 0.25) is 0 Å². The Bertz CT molecular complexity index is 662. The molecule has 2 aliphatic heterocycles. The molecule has 1 aromatic carbocycles. The van der Waals surface area contributed by atoms with E-state index in [1.165, 1.54) is 12.1 Å². The van der Waals surface area contributed by atoms with Crippen LogP contribution in [0.5, 0.6) is 0 Å². The van der Waals surface area contributed by atoms with Crippen molar-refractivity contribution in [1.82, 2.24) is 15.5 Å². The third-order valence-corrected chi connectivity index (χ3v) is 7.31. The topological polar surface area (TPSA) is 58.1 Å². The second kappa shape index (κ2) is 13.8. The summed E-state index contributed by atoms with van der Waals surface area (Å²) in [7, 11) is 1.81. The van der Waals surface area contributed by atoms with E-state index in [2.05, 4.69) is 27.4 Å². The van der Waals surface area contributed by atoms with Crippen LogP contribution in [0, 0.1) is 5.82 Å². The SMILES string of the molecule is CCSC1(CNC(=NC)NCC(c2ccc(F)cc2)N2CCOCC2)CCOCC1.I. The van der Waals surface area contributed by atoms with Gasteiger partial charge in [0, 0.05) is 51.2 Å². The molecule has 2 aliphatic rings. The maximum absolute atomic E-state index is 13.4. The van der Waals surface area contributed by atoms with Gasteiger partial charge in [0.05, 0.1) is 19.3 Å². The highest BCUT2D eigenvalue weighted by atomic mass is 127. The lowest BCUT2D eigenvalue weighted by atomic mass is 9.99. The Balaban J connectivity index is 0.00000341. The molecule has 31 heavy (non-hydrogen) atoms. The summed E-state index contributed by atoms with van der Waals surface area (Å²) in [5, 5.41) is 7.04. The van der Waals surface area contributed by atoms with Crippen molar-refractivity contribution in [3.05, 3.63) is 35.6 Å². The molecule has 0 bridgehead atoms. The van der Waals surface area contributed by atoms with Crippen LogP contribution in [0.1, 0.15) is 31.4 Å². The van der Waals surface area contributed by atoms with Gasteiger partial charge in [-0.25, -0.2) is 4.39 Å². The lowest BCUT2D eigenvalue weighted by Crippen LogP contribution is -2.50. The Morgan fingerprint density at radius 1 is 1.13 bits per heavy atom. The molecule has 2 saturated heterocycles. The molecule has 0 spiro atoms. The molecule has 2 heterocycles. The van der Waals surface area contributed by atoms with Crippen molar-refractivity contribution in [1.29, 1.82) is 0 Å². The molecule has 9 heteroatoms. The van der Waals surface area contributed by atoms with E-state index < -0.39 is 0 Å². The maximum Gasteiger partial charge on any atom is 0.191 e. The first-order chi connectivity index (χ1) is 14.7. The van der Waals surface area contributed by atoms with Gasteiger partial charge in [0.15, 0.2) is 5.96 Å². The summed E-state index contributed by atoms with van der Waals surface area (Å²) in [6, 6.07) is 6.96. The zero-order valence-electron chi connectivity index (χ0n) is 18.6. The van der Waals surface area contributed by atoms with E-state index in [4.69, 9.17) is 9.47 Å². The summed E-state index contributed by atoms with van der Waals surface area (Å²) >= 11 is 2.01. The molecule has 1 atom stereocenters. The molecule has 2 fully saturated rings. The first-order valence-electron chi connectivity index (χ1n) is 10.9. The van der Waals surface area contributed by atoms with Crippen molar-refractivity contribution in [2.24, 2.45) is 4.99 Å². The summed E-state index contributed by atoms with van der Waals surface area (Å²) in [5.74, 6) is 1.69. The number of aliphatic imine (C=N–C) groups is 1. The van der Waals surface area contributed by atoms with E-state index in [1.54, 1.807) is 7.05 Å². The second-order valence-corrected chi connectivity index (χ2v) is 9.48. The van der Waals surface area contributed by atoms with Gasteiger partial charge in [-0.15, -0.1) is 24.0 Å². The highest BCUT2D eigenvalue weighted by molar-refractivity contribution is 14.0. The molecular weight excluding hydrogens is 530 g/mol. The predicted molar refractivity (Wildman–Crippen MR) is 137 cm³/mol. The van der Waals surface area contributed by atoms with Crippen LogP contribution in [0.15, 0.2) is 29.3 Å². The predicted octanol–water partition coefficient (Wildman–Crippen LogP) is 3.28. The molecule has 6 nitrogen and oxygen atoms in total. The van der Waals surface area contributed by atoms with E-state index in [1.807, 2.05) is 23.9 Å². The fourth-order valence-corrected chi connectivity index (χ4v) is 5.35. The van der Waals surface area contributed by atoms with Crippen LogP contribution >= 0.6 is 35.7 Å². The lowest BCUT2D eigenvalue weighted by Gasteiger charge is -2.37. The van der Waals surface area contributed by atoms with Crippen LogP contribution in [0.3, 0.4) is 0 Å². The van der Waals surface area contributed by atoms with Crippen molar-refractivity contribution in [3.63, 3.8) is 0 Å². The molecule has 2 N–H and O–H groups in total. The molecule has 0 saturated carbocycles. The zero-order valence-corrected chi connectivity index (χ0v) is 21.7. The van der Waals surface area contributed by atoms with Gasteiger partial charge in [0.1, 0.15) is 5.82 Å². The summed E-state index contributed by atoms with van der Waals surface area (Å²) in [5.41, 5.74) is 1.10. The van der Waals surface area contributed by atoms with Crippen molar-refractivity contribution >= 4 is 41.7 Å². The molecule has 1 unspecified atom stereocenters. The normalized spacial score (nSPS) is 20.5. The molecule has 1 aromatic rings. The van der Waals surface area contributed by atoms with Crippen LogP contribution in [0.4, 0.5) is 4.39 Å². The van der Waals surface area contributed by atoms with E-state index in [-0.39, 0.29) is 40.6 Å². The highest BCUT2D eigenvalue weighted by Crippen LogP contribution is 2.34. The third-order valence-electron chi connectivity index (χ3n) is 5.86. The number of hydrogen-bond acceptors (Lipinski definition) is 5. The fraction of sp³-hybridized carbons (Fsp3) is 0.682. The van der Waals surface area contributed by atoms with Crippen molar-refractivity contribution in [2.45, 2.75) is 30.6 Å². The minimum absolute atomic E-state index is 0. The van der Waals surface area contributed by atoms with Gasteiger partial charge in [-0.3, -0.25) is 9.89 Å². The number of morpholine rings is 1. The second-order valence-electron chi connectivity index (χ2n) is 7.75. The molecule has 0 radical (unpaired) electrons. The van der Waals surface area contributed by atoms with E-state index >= 15 is 0 Å². The van der Waals surface area contributed by atoms with Crippen LogP contribution in [0.2, 0.25) is 0 Å². The van der Waals surface area contributed by atoms with E-state index in [0.29, 0.717) is 6.54 Å². The number of thioether (sulfide) groups is 1. The van der Waals surface area contributed by atoms with Crippen molar-refractivity contribution < 1.29 is 13.9 Å². The average molecular weight is 567 g/mol. The Morgan fingerprint density at radius 2 is 1.77 bits per heavy atom. The molecular formula is C22H36FIN4O2S. The first-order valence-corrected chi connectivity index (χ1v) is 11.9. The lowest BCUT2D eigenvalue weighted by molar-refractivity contribution is 0.0169. The molecule has 0 aromatic heterocycles. The van der Waals surface area contributed by atoms with Gasteiger partial charge in [0.25, 0.3) is 0 Å². The Kier molecular flexibility index (Phi) is 11.9. The monoisotopic (exact) mass is 566 g/mol. The Morgan fingerprint density at radius 3 is 2.39 bits per heavy atom. The Hall–Kier alpha value is -0.620. The number of halogens is 2. The van der Waals surface area contributed by atoms with Crippen molar-refractivity contribution in [2.75, 3.05) is 65.4 Å². The first kappa shape index (κ1) is 26.6. The minimum Gasteiger partial charge on any atom is -0.381 e. The molecule has 0 amide bonds. The van der Waals surface area contributed by atoms with Gasteiger partial charge in [-0.05, 0) is 36.3 Å². The van der Waals surface area contributed by atoms with E-state index in [0.717, 1.165) is 76.2 Å². The average Bonchev–Trinajstić information content (AvgIpc) is 2.79. The fourth-order valence-electron chi connectivity index (χ4n) is 4.11. The quantitative estimate of drug-likeness (QED) is 0.286. The number of nitrogens with one attached hydrogen (secondary N) is 2. The van der Waals surface area contributed by atoms with Gasteiger partial charge in [-0.1, -0.05) is 19.1 Å². The zero-order chi connectivity index (χ0) is 21.2. The van der Waals surface area contributed by atoms with Gasteiger partial charge in [-0.2, -0.15) is 11.8 Å². The van der Waals surface area contributed by atoms with E-state index in [9.17, 15) is 4.39 Å². The summed E-state index contributed by atoms with van der Waals surface area (Å²) < 4.78 is 24.7. The highest BCUT2D eigenvalue weighted by Gasteiger charge is 2.33. The molecule has 3 rings (SSSR count). The molecule has 0 aliphatic carbocycles. The van der Waals surface area contributed by atoms with Crippen molar-refractivity contribution in [3.8, 4) is 0 Å². The number of guanidine groups is 1.